The first-order valence-electron chi connectivity index (χ1n) is 6.97. The second-order valence-corrected chi connectivity index (χ2v) is 5.02. The van der Waals surface area contributed by atoms with Gasteiger partial charge in [0.1, 0.15) is 5.75 Å². The van der Waals surface area contributed by atoms with Crippen LogP contribution in [0, 0.1) is 0 Å². The number of hydrogen-bond donors (Lipinski definition) is 0. The number of allylic oxidation sites excluding steroid dienone is 3. The maximum absolute atomic E-state index is 12.1. The van der Waals surface area contributed by atoms with Crippen molar-refractivity contribution in [3.05, 3.63) is 59.8 Å². The van der Waals surface area contributed by atoms with E-state index in [1.165, 1.54) is 0 Å². The van der Waals surface area contributed by atoms with Gasteiger partial charge < -0.3 is 9.64 Å². The Morgan fingerprint density at radius 1 is 1.14 bits per heavy atom. The van der Waals surface area contributed by atoms with Crippen LogP contribution in [0.15, 0.2) is 54.3 Å². The standard InChI is InChI=1S/C17H18F3NO/c1-4-21-13(3)12(2)5-10-16(21)14-6-8-15(9-7-14)22-11-17(18,19)20/h5-10H,3-4,11H2,1-2H3. The predicted octanol–water partition coefficient (Wildman–Crippen LogP) is 4.76. The molecule has 0 radical (unpaired) electrons. The zero-order valence-corrected chi connectivity index (χ0v) is 12.6. The molecule has 0 atom stereocenters. The highest BCUT2D eigenvalue weighted by Gasteiger charge is 2.28. The third-order valence-corrected chi connectivity index (χ3v) is 3.43. The molecule has 0 aliphatic carbocycles. The summed E-state index contributed by atoms with van der Waals surface area (Å²) in [6.45, 7) is 7.57. The van der Waals surface area contributed by atoms with Crippen molar-refractivity contribution in [1.29, 1.82) is 0 Å². The van der Waals surface area contributed by atoms with Gasteiger partial charge in [0.25, 0.3) is 0 Å². The summed E-state index contributed by atoms with van der Waals surface area (Å²) in [5.41, 5.74) is 3.90. The van der Waals surface area contributed by atoms with Crippen LogP contribution >= 0.6 is 0 Å². The average Bonchev–Trinajstić information content (AvgIpc) is 2.47. The Morgan fingerprint density at radius 3 is 2.32 bits per heavy atom. The van der Waals surface area contributed by atoms with Gasteiger partial charge in [-0.3, -0.25) is 0 Å². The minimum absolute atomic E-state index is 0.200. The van der Waals surface area contributed by atoms with Crippen LogP contribution in [-0.4, -0.2) is 24.2 Å². The molecule has 5 heteroatoms. The zero-order valence-electron chi connectivity index (χ0n) is 12.6. The summed E-state index contributed by atoms with van der Waals surface area (Å²) in [6.07, 6.45) is -0.360. The second-order valence-electron chi connectivity index (χ2n) is 5.02. The van der Waals surface area contributed by atoms with Gasteiger partial charge in [0.2, 0.25) is 0 Å². The highest BCUT2D eigenvalue weighted by atomic mass is 19.4. The molecule has 0 bridgehead atoms. The minimum atomic E-state index is -4.33. The molecule has 0 fully saturated rings. The molecule has 118 valence electrons. The average molecular weight is 309 g/mol. The lowest BCUT2D eigenvalue weighted by atomic mass is 10.0. The number of ether oxygens (including phenoxy) is 1. The van der Waals surface area contributed by atoms with Crippen molar-refractivity contribution in [2.75, 3.05) is 13.2 Å². The molecule has 2 nitrogen and oxygen atoms in total. The van der Waals surface area contributed by atoms with E-state index in [2.05, 4.69) is 11.5 Å². The number of halogens is 3. The van der Waals surface area contributed by atoms with Gasteiger partial charge in [-0.2, -0.15) is 13.2 Å². The van der Waals surface area contributed by atoms with Crippen molar-refractivity contribution >= 4 is 5.70 Å². The normalized spacial score (nSPS) is 15.5. The Balaban J connectivity index is 2.18. The highest BCUT2D eigenvalue weighted by Crippen LogP contribution is 2.31. The van der Waals surface area contributed by atoms with E-state index in [9.17, 15) is 13.2 Å². The molecule has 0 saturated heterocycles. The van der Waals surface area contributed by atoms with Crippen molar-refractivity contribution in [3.8, 4) is 5.75 Å². The van der Waals surface area contributed by atoms with Gasteiger partial charge in [0, 0.05) is 17.9 Å². The lowest BCUT2D eigenvalue weighted by molar-refractivity contribution is -0.153. The summed E-state index contributed by atoms with van der Waals surface area (Å²) in [7, 11) is 0. The van der Waals surface area contributed by atoms with Gasteiger partial charge in [-0.05, 0) is 55.3 Å². The fourth-order valence-electron chi connectivity index (χ4n) is 2.25. The first-order valence-corrected chi connectivity index (χ1v) is 6.97. The maximum atomic E-state index is 12.1. The number of hydrogen-bond acceptors (Lipinski definition) is 2. The van der Waals surface area contributed by atoms with Crippen molar-refractivity contribution in [2.45, 2.75) is 20.0 Å². The van der Waals surface area contributed by atoms with Crippen LogP contribution in [0.1, 0.15) is 19.4 Å². The van der Waals surface area contributed by atoms with Gasteiger partial charge in [-0.15, -0.1) is 0 Å². The molecule has 0 aromatic heterocycles. The number of benzene rings is 1. The molecule has 0 spiro atoms. The number of nitrogens with zero attached hydrogens (tertiary/aromatic N) is 1. The van der Waals surface area contributed by atoms with E-state index in [1.54, 1.807) is 24.3 Å². The molecule has 1 heterocycles. The fourth-order valence-corrected chi connectivity index (χ4v) is 2.25. The Morgan fingerprint density at radius 2 is 1.77 bits per heavy atom. The van der Waals surface area contributed by atoms with E-state index in [-0.39, 0.29) is 5.75 Å². The Kier molecular flexibility index (Phi) is 4.64. The summed E-state index contributed by atoms with van der Waals surface area (Å²) in [4.78, 5) is 2.07. The van der Waals surface area contributed by atoms with Gasteiger partial charge in [-0.25, -0.2) is 0 Å². The maximum Gasteiger partial charge on any atom is 0.422 e. The minimum Gasteiger partial charge on any atom is -0.484 e. The SMILES string of the molecule is C=C1C(C)=CC=C(c2ccc(OCC(F)(F)F)cc2)N1CC. The summed E-state index contributed by atoms with van der Waals surface area (Å²) >= 11 is 0. The molecule has 1 aliphatic rings. The summed E-state index contributed by atoms with van der Waals surface area (Å²) in [6, 6.07) is 6.59. The van der Waals surface area contributed by atoms with E-state index in [1.807, 2.05) is 26.0 Å². The Labute approximate surface area is 128 Å². The van der Waals surface area contributed by atoms with E-state index in [4.69, 9.17) is 4.74 Å². The molecule has 2 rings (SSSR count). The van der Waals surface area contributed by atoms with Crippen LogP contribution in [0.5, 0.6) is 5.75 Å². The van der Waals surface area contributed by atoms with Crippen molar-refractivity contribution in [2.24, 2.45) is 0 Å². The topological polar surface area (TPSA) is 12.5 Å². The Bertz CT molecular complexity index is 612. The van der Waals surface area contributed by atoms with Gasteiger partial charge >= 0.3 is 6.18 Å². The molecule has 0 saturated carbocycles. The molecule has 22 heavy (non-hydrogen) atoms. The summed E-state index contributed by atoms with van der Waals surface area (Å²) < 4.78 is 41.1. The molecule has 1 aromatic carbocycles. The third-order valence-electron chi connectivity index (χ3n) is 3.43. The number of likely N-dealkylation sites (N-methyl/N-ethyl adjacent to an activating group) is 1. The van der Waals surface area contributed by atoms with Gasteiger partial charge in [-0.1, -0.05) is 12.7 Å². The second kappa shape index (κ2) is 6.30. The van der Waals surface area contributed by atoms with Crippen LogP contribution in [-0.2, 0) is 0 Å². The van der Waals surface area contributed by atoms with Gasteiger partial charge in [0.15, 0.2) is 6.61 Å². The van der Waals surface area contributed by atoms with Crippen LogP contribution < -0.4 is 4.74 Å². The largest absolute Gasteiger partial charge is 0.484 e. The predicted molar refractivity (Wildman–Crippen MR) is 81.2 cm³/mol. The highest BCUT2D eigenvalue weighted by molar-refractivity contribution is 5.70. The first-order chi connectivity index (χ1) is 10.3. The van der Waals surface area contributed by atoms with E-state index < -0.39 is 12.8 Å². The van der Waals surface area contributed by atoms with E-state index in [0.717, 1.165) is 29.1 Å². The van der Waals surface area contributed by atoms with Crippen molar-refractivity contribution < 1.29 is 17.9 Å². The van der Waals surface area contributed by atoms with E-state index in [0.29, 0.717) is 0 Å². The van der Waals surface area contributed by atoms with Crippen LogP contribution in [0.2, 0.25) is 0 Å². The zero-order chi connectivity index (χ0) is 16.3. The van der Waals surface area contributed by atoms with Crippen LogP contribution in [0.4, 0.5) is 13.2 Å². The van der Waals surface area contributed by atoms with Crippen LogP contribution in [0.25, 0.3) is 5.70 Å². The van der Waals surface area contributed by atoms with Crippen molar-refractivity contribution in [1.82, 2.24) is 4.90 Å². The molecule has 1 aliphatic heterocycles. The smallest absolute Gasteiger partial charge is 0.422 e. The Hall–Kier alpha value is -2.17. The molecular formula is C17H18F3NO. The number of alkyl halides is 3. The van der Waals surface area contributed by atoms with Crippen molar-refractivity contribution in [3.63, 3.8) is 0 Å². The molecular weight excluding hydrogens is 291 g/mol. The quantitative estimate of drug-likeness (QED) is 0.795. The number of rotatable bonds is 4. The monoisotopic (exact) mass is 309 g/mol. The van der Waals surface area contributed by atoms with E-state index >= 15 is 0 Å². The van der Waals surface area contributed by atoms with Gasteiger partial charge in [0.05, 0.1) is 0 Å². The third kappa shape index (κ3) is 3.72. The summed E-state index contributed by atoms with van der Waals surface area (Å²) in [5.74, 6) is 0.200. The molecule has 1 aromatic rings. The lowest BCUT2D eigenvalue weighted by Crippen LogP contribution is -2.23. The van der Waals surface area contributed by atoms with Crippen LogP contribution in [0.3, 0.4) is 0 Å². The lowest BCUT2D eigenvalue weighted by Gasteiger charge is -2.31. The molecule has 0 amide bonds. The molecule has 0 N–H and O–H groups in total. The fraction of sp³-hybridized carbons (Fsp3) is 0.294. The first kappa shape index (κ1) is 16.2. The summed E-state index contributed by atoms with van der Waals surface area (Å²) in [5, 5.41) is 0. The molecule has 0 unspecified atom stereocenters.